The number of rotatable bonds is 6. The van der Waals surface area contributed by atoms with Gasteiger partial charge in [-0.2, -0.15) is 5.11 Å². The summed E-state index contributed by atoms with van der Waals surface area (Å²) in [7, 11) is 0. The van der Waals surface area contributed by atoms with E-state index in [1.807, 2.05) is 31.2 Å². The molecular weight excluding hydrogens is 391 g/mol. The minimum absolute atomic E-state index is 0.0464. The van der Waals surface area contributed by atoms with Crippen LogP contribution in [0, 0.1) is 5.82 Å². The van der Waals surface area contributed by atoms with Crippen LogP contribution < -0.4 is 4.74 Å². The van der Waals surface area contributed by atoms with Gasteiger partial charge in [-0.25, -0.2) is 14.4 Å². The van der Waals surface area contributed by atoms with E-state index in [9.17, 15) is 9.50 Å². The Morgan fingerprint density at radius 2 is 1.90 bits per heavy atom. The number of hydrogen-bond acceptors (Lipinski definition) is 7. The molecule has 0 saturated carbocycles. The van der Waals surface area contributed by atoms with E-state index in [1.54, 1.807) is 18.2 Å². The Labute approximate surface area is 170 Å². The highest BCUT2D eigenvalue weighted by Crippen LogP contribution is 2.47. The van der Waals surface area contributed by atoms with Crippen LogP contribution >= 0.6 is 11.3 Å². The summed E-state index contributed by atoms with van der Waals surface area (Å²) in [6, 6.07) is 13.9. The second-order valence-electron chi connectivity index (χ2n) is 6.07. The lowest BCUT2D eigenvalue weighted by Gasteiger charge is -2.08. The normalized spacial score (nSPS) is 11.4. The number of aromatic nitrogens is 2. The molecule has 0 amide bonds. The van der Waals surface area contributed by atoms with Crippen molar-refractivity contribution >= 4 is 27.4 Å². The molecule has 0 unspecified atom stereocenters. The number of fused-ring (bicyclic) bond motifs is 1. The molecular formula is C21H17FN4O2S. The van der Waals surface area contributed by atoms with Crippen molar-refractivity contribution in [3.05, 3.63) is 66.2 Å². The Kier molecular flexibility index (Phi) is 5.44. The van der Waals surface area contributed by atoms with Crippen LogP contribution in [0.5, 0.6) is 11.5 Å². The largest absolute Gasteiger partial charge is 0.504 e. The summed E-state index contributed by atoms with van der Waals surface area (Å²) in [5, 5.41) is 19.0. The van der Waals surface area contributed by atoms with Crippen molar-refractivity contribution in [1.29, 1.82) is 0 Å². The molecule has 1 N–H and O–H groups in total. The van der Waals surface area contributed by atoms with Crippen LogP contribution in [0.15, 0.2) is 65.1 Å². The molecule has 0 aliphatic rings. The Morgan fingerprint density at radius 3 is 2.72 bits per heavy atom. The van der Waals surface area contributed by atoms with E-state index in [0.717, 1.165) is 5.56 Å². The van der Waals surface area contributed by atoms with Crippen LogP contribution in [0.3, 0.4) is 0 Å². The van der Waals surface area contributed by atoms with Gasteiger partial charge in [-0.1, -0.05) is 30.3 Å². The lowest BCUT2D eigenvalue weighted by Crippen LogP contribution is -1.92. The molecule has 0 atom stereocenters. The summed E-state index contributed by atoms with van der Waals surface area (Å²) in [6.07, 6.45) is 1.32. The van der Waals surface area contributed by atoms with Gasteiger partial charge in [0.1, 0.15) is 28.1 Å². The van der Waals surface area contributed by atoms with Gasteiger partial charge in [0, 0.05) is 11.1 Å². The molecule has 0 fully saturated rings. The Bertz CT molecular complexity index is 1190. The van der Waals surface area contributed by atoms with Crippen LogP contribution in [0.1, 0.15) is 12.5 Å². The van der Waals surface area contributed by atoms with Gasteiger partial charge >= 0.3 is 0 Å². The number of ether oxygens (including phenoxy) is 1. The number of para-hydroxylation sites is 1. The smallest absolute Gasteiger partial charge is 0.195 e. The van der Waals surface area contributed by atoms with E-state index < -0.39 is 0 Å². The highest BCUT2D eigenvalue weighted by Gasteiger charge is 2.20. The van der Waals surface area contributed by atoms with Crippen molar-refractivity contribution in [2.24, 2.45) is 10.2 Å². The molecule has 2 aromatic heterocycles. The fourth-order valence-electron chi connectivity index (χ4n) is 2.88. The molecule has 4 rings (SSSR count). The molecule has 2 heterocycles. The van der Waals surface area contributed by atoms with Gasteiger partial charge in [0.15, 0.2) is 11.6 Å². The number of benzene rings is 2. The van der Waals surface area contributed by atoms with E-state index in [1.165, 1.54) is 23.7 Å². The van der Waals surface area contributed by atoms with Crippen molar-refractivity contribution in [3.8, 4) is 21.9 Å². The first-order chi connectivity index (χ1) is 14.2. The third-order valence-electron chi connectivity index (χ3n) is 4.22. The topological polar surface area (TPSA) is 80.0 Å². The van der Waals surface area contributed by atoms with Crippen LogP contribution in [0.2, 0.25) is 0 Å². The van der Waals surface area contributed by atoms with Crippen molar-refractivity contribution in [3.63, 3.8) is 0 Å². The molecule has 6 nitrogen and oxygen atoms in total. The average Bonchev–Trinajstić information content (AvgIpc) is 3.07. The Hall–Kier alpha value is -3.39. The third kappa shape index (κ3) is 3.79. The lowest BCUT2D eigenvalue weighted by molar-refractivity contribution is 0.341. The number of thiophene rings is 1. The average molecular weight is 408 g/mol. The summed E-state index contributed by atoms with van der Waals surface area (Å²) in [6.45, 7) is 2.51. The van der Waals surface area contributed by atoms with Gasteiger partial charge < -0.3 is 9.84 Å². The molecule has 146 valence electrons. The summed E-state index contributed by atoms with van der Waals surface area (Å²) in [5.41, 5.74) is 1.61. The van der Waals surface area contributed by atoms with E-state index in [-0.39, 0.29) is 18.1 Å². The molecule has 29 heavy (non-hydrogen) atoms. The van der Waals surface area contributed by atoms with Gasteiger partial charge in [-0.3, -0.25) is 0 Å². The zero-order valence-electron chi connectivity index (χ0n) is 15.5. The minimum atomic E-state index is -0.331. The van der Waals surface area contributed by atoms with E-state index in [4.69, 9.17) is 4.74 Å². The number of nitrogens with zero attached hydrogens (tertiary/aromatic N) is 4. The summed E-state index contributed by atoms with van der Waals surface area (Å²) < 4.78 is 20.0. The fourth-order valence-corrected chi connectivity index (χ4v) is 3.99. The van der Waals surface area contributed by atoms with Crippen LogP contribution in [-0.2, 0) is 6.54 Å². The van der Waals surface area contributed by atoms with Crippen LogP contribution in [-0.4, -0.2) is 21.7 Å². The maximum Gasteiger partial charge on any atom is 0.195 e. The standard InChI is InChI=1S/C21H17FN4O2S/c1-2-28-16-10-6-4-8-14(16)19-18(27)17-20(29-19)21(24-12-23-17)26-25-11-13-7-3-5-9-15(13)22/h3-10,12,27H,2,11H2,1H3. The van der Waals surface area contributed by atoms with E-state index in [0.29, 0.717) is 38.8 Å². The minimum Gasteiger partial charge on any atom is -0.504 e. The fraction of sp³-hybridized carbons (Fsp3) is 0.143. The SMILES string of the molecule is CCOc1ccccc1-c1sc2c(N=NCc3ccccc3F)ncnc2c1O. The highest BCUT2D eigenvalue weighted by molar-refractivity contribution is 7.23. The van der Waals surface area contributed by atoms with Crippen LogP contribution in [0.25, 0.3) is 20.7 Å². The maximum atomic E-state index is 13.7. The monoisotopic (exact) mass is 408 g/mol. The van der Waals surface area contributed by atoms with Crippen molar-refractivity contribution < 1.29 is 14.2 Å². The Morgan fingerprint density at radius 1 is 1.10 bits per heavy atom. The molecule has 0 spiro atoms. The predicted octanol–water partition coefficient (Wildman–Crippen LogP) is 5.89. The maximum absolute atomic E-state index is 13.7. The van der Waals surface area contributed by atoms with E-state index >= 15 is 0 Å². The lowest BCUT2D eigenvalue weighted by atomic mass is 10.1. The van der Waals surface area contributed by atoms with Gasteiger partial charge in [-0.05, 0) is 25.1 Å². The van der Waals surface area contributed by atoms with Crippen molar-refractivity contribution in [2.75, 3.05) is 6.61 Å². The molecule has 8 heteroatoms. The van der Waals surface area contributed by atoms with Crippen molar-refractivity contribution in [2.45, 2.75) is 13.5 Å². The molecule has 0 aliphatic heterocycles. The zero-order chi connectivity index (χ0) is 20.2. The molecule has 2 aromatic carbocycles. The number of hydrogen-bond donors (Lipinski definition) is 1. The summed E-state index contributed by atoms with van der Waals surface area (Å²) in [4.78, 5) is 8.98. The van der Waals surface area contributed by atoms with Gasteiger partial charge in [0.05, 0.1) is 18.0 Å². The van der Waals surface area contributed by atoms with Crippen LogP contribution in [0.4, 0.5) is 10.2 Å². The number of halogens is 1. The first kappa shape index (κ1) is 18.9. The van der Waals surface area contributed by atoms with Crippen molar-refractivity contribution in [1.82, 2.24) is 9.97 Å². The predicted molar refractivity (Wildman–Crippen MR) is 110 cm³/mol. The quantitative estimate of drug-likeness (QED) is 0.404. The third-order valence-corrected chi connectivity index (χ3v) is 5.42. The molecule has 4 aromatic rings. The molecule has 0 radical (unpaired) electrons. The first-order valence-electron chi connectivity index (χ1n) is 8.98. The summed E-state index contributed by atoms with van der Waals surface area (Å²) in [5.74, 6) is 0.715. The van der Waals surface area contributed by atoms with Gasteiger partial charge in [0.25, 0.3) is 0 Å². The molecule has 0 saturated heterocycles. The second-order valence-corrected chi connectivity index (χ2v) is 7.10. The summed E-state index contributed by atoms with van der Waals surface area (Å²) >= 11 is 1.31. The Balaban J connectivity index is 1.72. The van der Waals surface area contributed by atoms with Gasteiger partial charge in [0.2, 0.25) is 0 Å². The first-order valence-corrected chi connectivity index (χ1v) is 9.80. The van der Waals surface area contributed by atoms with Gasteiger partial charge in [-0.15, -0.1) is 16.5 Å². The molecule has 0 bridgehead atoms. The second kappa shape index (κ2) is 8.32. The number of aromatic hydroxyl groups is 1. The highest BCUT2D eigenvalue weighted by atomic mass is 32.1. The zero-order valence-corrected chi connectivity index (χ0v) is 16.4. The molecule has 0 aliphatic carbocycles. The number of azo groups is 1. The van der Waals surface area contributed by atoms with E-state index in [2.05, 4.69) is 20.2 Å².